The van der Waals surface area contributed by atoms with Crippen molar-refractivity contribution in [2.45, 2.75) is 13.8 Å². The number of hydrogen-bond acceptors (Lipinski definition) is 5. The fourth-order valence-electron chi connectivity index (χ4n) is 4.02. The van der Waals surface area contributed by atoms with Crippen molar-refractivity contribution < 1.29 is 19.1 Å². The predicted molar refractivity (Wildman–Crippen MR) is 129 cm³/mol. The summed E-state index contributed by atoms with van der Waals surface area (Å²) in [5.41, 5.74) is 3.89. The molecule has 1 fully saturated rings. The molecule has 3 aromatic rings. The molecule has 0 radical (unpaired) electrons. The summed E-state index contributed by atoms with van der Waals surface area (Å²) in [4.78, 5) is 27.2. The Morgan fingerprint density at radius 3 is 2.61 bits per heavy atom. The van der Waals surface area contributed by atoms with Crippen molar-refractivity contribution in [3.63, 3.8) is 0 Å². The summed E-state index contributed by atoms with van der Waals surface area (Å²) in [6.45, 7) is 4.08. The summed E-state index contributed by atoms with van der Waals surface area (Å²) < 4.78 is 12.9. The van der Waals surface area contributed by atoms with Gasteiger partial charge >= 0.3 is 0 Å². The van der Waals surface area contributed by atoms with Crippen LogP contribution in [0.2, 0.25) is 5.02 Å². The number of carbonyl (C=O) groups is 2. The molecule has 1 saturated heterocycles. The number of nitrogens with zero attached hydrogens (tertiary/aromatic N) is 2. The molecule has 2 amide bonds. The zero-order chi connectivity index (χ0) is 23.3. The van der Waals surface area contributed by atoms with Crippen LogP contribution in [0, 0.1) is 13.8 Å². The van der Waals surface area contributed by atoms with Gasteiger partial charge in [-0.25, -0.2) is 0 Å². The highest BCUT2D eigenvalue weighted by atomic mass is 35.5. The fourth-order valence-corrected chi connectivity index (χ4v) is 4.48. The van der Waals surface area contributed by atoms with Gasteiger partial charge in [-0.2, -0.15) is 0 Å². The van der Waals surface area contributed by atoms with Crippen LogP contribution in [0.25, 0.3) is 11.8 Å². The first kappa shape index (κ1) is 21.2. The molecule has 1 N–H and O–H groups in total. The molecule has 0 saturated carbocycles. The lowest BCUT2D eigenvalue weighted by atomic mass is 10.1. The lowest BCUT2D eigenvalue weighted by Crippen LogP contribution is -2.54. The number of anilines is 1. The van der Waals surface area contributed by atoms with E-state index in [1.165, 1.54) is 4.90 Å². The van der Waals surface area contributed by atoms with Crippen molar-refractivity contribution in [3.8, 4) is 17.2 Å². The molecule has 9 heteroatoms. The third-order valence-corrected chi connectivity index (χ3v) is 6.07. The third-order valence-electron chi connectivity index (χ3n) is 5.55. The summed E-state index contributed by atoms with van der Waals surface area (Å²) in [5.74, 6) is 0.313. The second-order valence-electron chi connectivity index (χ2n) is 7.64. The van der Waals surface area contributed by atoms with E-state index >= 15 is 0 Å². The molecule has 2 aromatic carbocycles. The van der Waals surface area contributed by atoms with Gasteiger partial charge in [0.15, 0.2) is 16.6 Å². The van der Waals surface area contributed by atoms with E-state index in [0.29, 0.717) is 22.2 Å². The van der Waals surface area contributed by atoms with Gasteiger partial charge in [0, 0.05) is 28.2 Å². The maximum absolute atomic E-state index is 13.3. The smallest absolute Gasteiger partial charge is 0.270 e. The highest BCUT2D eigenvalue weighted by molar-refractivity contribution is 7.80. The Balaban J connectivity index is 1.54. The third kappa shape index (κ3) is 3.67. The van der Waals surface area contributed by atoms with Crippen molar-refractivity contribution >= 4 is 52.5 Å². The van der Waals surface area contributed by atoms with E-state index in [0.717, 1.165) is 22.6 Å². The van der Waals surface area contributed by atoms with E-state index in [-0.39, 0.29) is 17.5 Å². The van der Waals surface area contributed by atoms with Gasteiger partial charge in [-0.1, -0.05) is 17.7 Å². The monoisotopic (exact) mass is 479 g/mol. The van der Waals surface area contributed by atoms with E-state index < -0.39 is 11.8 Å². The summed E-state index contributed by atoms with van der Waals surface area (Å²) in [7, 11) is 0. The van der Waals surface area contributed by atoms with E-state index in [1.54, 1.807) is 30.3 Å². The number of nitrogens with one attached hydrogen (secondary N) is 1. The van der Waals surface area contributed by atoms with E-state index in [9.17, 15) is 9.59 Å². The first-order valence-corrected chi connectivity index (χ1v) is 10.9. The average molecular weight is 480 g/mol. The molecule has 3 heterocycles. The Labute approximate surface area is 200 Å². The van der Waals surface area contributed by atoms with Crippen LogP contribution in [-0.4, -0.2) is 28.3 Å². The van der Waals surface area contributed by atoms with E-state index in [1.807, 2.05) is 42.7 Å². The fraction of sp³-hybridized carbons (Fsp3) is 0.125. The largest absolute Gasteiger partial charge is 0.454 e. The van der Waals surface area contributed by atoms with E-state index in [4.69, 9.17) is 33.3 Å². The van der Waals surface area contributed by atoms with Crippen LogP contribution in [0.1, 0.15) is 17.0 Å². The molecule has 0 spiro atoms. The molecule has 0 atom stereocenters. The normalized spacial score (nSPS) is 16.5. The molecule has 5 rings (SSSR count). The van der Waals surface area contributed by atoms with Crippen molar-refractivity contribution in [2.24, 2.45) is 0 Å². The predicted octanol–water partition coefficient (Wildman–Crippen LogP) is 4.31. The summed E-state index contributed by atoms with van der Waals surface area (Å²) in [5, 5.41) is 3.06. The molecule has 7 nitrogen and oxygen atoms in total. The minimum atomic E-state index is -0.545. The van der Waals surface area contributed by atoms with Crippen molar-refractivity contribution in [1.29, 1.82) is 0 Å². The highest BCUT2D eigenvalue weighted by Crippen LogP contribution is 2.35. The van der Waals surface area contributed by atoms with Crippen molar-refractivity contribution in [2.75, 3.05) is 11.7 Å². The number of fused-ring (bicyclic) bond motifs is 1. The van der Waals surface area contributed by atoms with Crippen LogP contribution in [0.15, 0.2) is 54.1 Å². The number of aryl methyl sites for hydroxylation is 1. The molecular weight excluding hydrogens is 462 g/mol. The highest BCUT2D eigenvalue weighted by Gasteiger charge is 2.34. The number of benzene rings is 2. The van der Waals surface area contributed by atoms with Crippen LogP contribution in [0.4, 0.5) is 5.69 Å². The lowest BCUT2D eigenvalue weighted by Gasteiger charge is -2.29. The molecule has 166 valence electrons. The Morgan fingerprint density at radius 1 is 1.03 bits per heavy atom. The molecule has 2 aliphatic rings. The Hall–Kier alpha value is -3.62. The molecule has 33 heavy (non-hydrogen) atoms. The first-order valence-electron chi connectivity index (χ1n) is 10.1. The zero-order valence-electron chi connectivity index (χ0n) is 17.7. The number of ether oxygens (including phenoxy) is 2. The van der Waals surface area contributed by atoms with Crippen molar-refractivity contribution in [1.82, 2.24) is 9.88 Å². The topological polar surface area (TPSA) is 72.8 Å². The van der Waals surface area contributed by atoms with Crippen LogP contribution >= 0.6 is 23.8 Å². The van der Waals surface area contributed by atoms with Crippen LogP contribution < -0.4 is 19.7 Å². The van der Waals surface area contributed by atoms with Crippen molar-refractivity contribution in [3.05, 3.63) is 76.1 Å². The molecule has 1 aromatic heterocycles. The summed E-state index contributed by atoms with van der Waals surface area (Å²) in [6, 6.07) is 14.3. The van der Waals surface area contributed by atoms with Gasteiger partial charge in [-0.05, 0) is 74.1 Å². The van der Waals surface area contributed by atoms with E-state index in [2.05, 4.69) is 5.32 Å². The van der Waals surface area contributed by atoms with Gasteiger partial charge in [-0.15, -0.1) is 0 Å². The Bertz CT molecular complexity index is 1380. The Kier molecular flexibility index (Phi) is 5.19. The van der Waals surface area contributed by atoms with Gasteiger partial charge in [0.05, 0.1) is 5.69 Å². The summed E-state index contributed by atoms with van der Waals surface area (Å²) in [6.07, 6.45) is 1.59. The van der Waals surface area contributed by atoms with Crippen LogP contribution in [0.5, 0.6) is 11.5 Å². The number of carbonyl (C=O) groups excluding carboxylic acids is 2. The number of hydrogen-bond donors (Lipinski definition) is 1. The molecule has 0 unspecified atom stereocenters. The average Bonchev–Trinajstić information content (AvgIpc) is 3.34. The number of amides is 2. The molecular formula is C24H18ClN3O4S. The van der Waals surface area contributed by atoms with Gasteiger partial charge in [0.1, 0.15) is 5.57 Å². The van der Waals surface area contributed by atoms with Gasteiger partial charge in [0.25, 0.3) is 11.8 Å². The minimum absolute atomic E-state index is 0.00949. The number of aromatic nitrogens is 1. The van der Waals surface area contributed by atoms with Crippen LogP contribution in [0.3, 0.4) is 0 Å². The second-order valence-corrected chi connectivity index (χ2v) is 8.46. The number of rotatable bonds is 3. The number of halogens is 1. The van der Waals surface area contributed by atoms with Gasteiger partial charge in [-0.3, -0.25) is 19.8 Å². The van der Waals surface area contributed by atoms with Gasteiger partial charge in [0.2, 0.25) is 6.79 Å². The Morgan fingerprint density at radius 2 is 1.82 bits per heavy atom. The molecule has 0 bridgehead atoms. The minimum Gasteiger partial charge on any atom is -0.454 e. The quantitative estimate of drug-likeness (QED) is 0.344. The maximum Gasteiger partial charge on any atom is 0.270 e. The SMILES string of the molecule is Cc1cc(C=C2C(=O)NC(=S)N(c3cccc(Cl)c3)C2=O)c(C)n1-c1ccc2c(c1)OCO2. The zero-order valence-corrected chi connectivity index (χ0v) is 19.3. The number of thiocarbonyl (C=S) groups is 1. The molecule has 0 aliphatic carbocycles. The van der Waals surface area contributed by atoms with Gasteiger partial charge < -0.3 is 14.0 Å². The second kappa shape index (κ2) is 8.06. The standard InChI is InChI=1S/C24H18ClN3O4S/c1-13-8-15(14(2)27(13)18-6-7-20-21(11-18)32-12-31-20)9-19-22(29)26-24(33)28(23(19)30)17-5-3-4-16(25)10-17/h3-11H,12H2,1-2H3,(H,26,29,33). The molecule has 2 aliphatic heterocycles. The maximum atomic E-state index is 13.3. The summed E-state index contributed by atoms with van der Waals surface area (Å²) >= 11 is 11.3. The lowest BCUT2D eigenvalue weighted by molar-refractivity contribution is -0.122. The van der Waals surface area contributed by atoms with Crippen LogP contribution in [-0.2, 0) is 9.59 Å². The first-order chi connectivity index (χ1) is 15.8.